The van der Waals surface area contributed by atoms with Crippen molar-refractivity contribution in [1.29, 1.82) is 5.26 Å². The number of hydrogen-bond acceptors (Lipinski definition) is 4. The number of amides is 3. The molecule has 0 aromatic heterocycles. The molecule has 9 heteroatoms. The lowest BCUT2D eigenvalue weighted by Crippen LogP contribution is -2.36. The van der Waals surface area contributed by atoms with Crippen molar-refractivity contribution in [2.24, 2.45) is 0 Å². The number of nitrogens with zero attached hydrogens (tertiary/aromatic N) is 3. The number of benzene rings is 2. The fourth-order valence-electron chi connectivity index (χ4n) is 2.81. The standard InChI is InChI=1S/C22H22Cl2N4O3/c1-27(15-19(29)26-22-17(23)9-5-10-18(22)24)20(30)11-12-21(31)28(14-6-13-25)16-7-3-2-4-8-16/h2-5,7-10H,6,11-12,14-15H2,1H3,(H,26,29). The van der Waals surface area contributed by atoms with Gasteiger partial charge in [0.2, 0.25) is 17.7 Å². The highest BCUT2D eigenvalue weighted by atomic mass is 35.5. The van der Waals surface area contributed by atoms with Crippen LogP contribution < -0.4 is 10.2 Å². The number of anilines is 2. The van der Waals surface area contributed by atoms with E-state index in [0.29, 0.717) is 15.7 Å². The number of carbonyl (C=O) groups is 3. The normalized spacial score (nSPS) is 10.1. The Bertz CT molecular complexity index is 956. The molecule has 0 bridgehead atoms. The molecule has 0 aliphatic heterocycles. The van der Waals surface area contributed by atoms with Gasteiger partial charge in [0.15, 0.2) is 0 Å². The van der Waals surface area contributed by atoms with Gasteiger partial charge in [0, 0.05) is 32.1 Å². The number of halogens is 2. The van der Waals surface area contributed by atoms with Crippen LogP contribution in [0.25, 0.3) is 0 Å². The minimum atomic E-state index is -0.461. The lowest BCUT2D eigenvalue weighted by atomic mass is 10.2. The molecule has 0 aliphatic rings. The maximum Gasteiger partial charge on any atom is 0.244 e. The van der Waals surface area contributed by atoms with Crippen molar-refractivity contribution in [2.45, 2.75) is 19.3 Å². The van der Waals surface area contributed by atoms with Crippen LogP contribution >= 0.6 is 23.2 Å². The van der Waals surface area contributed by atoms with Gasteiger partial charge in [-0.25, -0.2) is 0 Å². The van der Waals surface area contributed by atoms with E-state index in [0.717, 1.165) is 0 Å². The van der Waals surface area contributed by atoms with Crippen molar-refractivity contribution in [3.05, 3.63) is 58.6 Å². The molecule has 7 nitrogen and oxygen atoms in total. The zero-order chi connectivity index (χ0) is 22.8. The van der Waals surface area contributed by atoms with Crippen LogP contribution in [0, 0.1) is 11.3 Å². The second kappa shape index (κ2) is 11.9. The Kier molecular flexibility index (Phi) is 9.32. The van der Waals surface area contributed by atoms with Gasteiger partial charge in [0.05, 0.1) is 34.8 Å². The molecule has 3 amide bonds. The Hall–Kier alpha value is -3.08. The third-order valence-electron chi connectivity index (χ3n) is 4.40. The molecule has 0 unspecified atom stereocenters. The number of hydrogen-bond donors (Lipinski definition) is 1. The minimum Gasteiger partial charge on any atom is -0.336 e. The first-order chi connectivity index (χ1) is 14.8. The van der Waals surface area contributed by atoms with Crippen LogP contribution in [0.5, 0.6) is 0 Å². The van der Waals surface area contributed by atoms with Gasteiger partial charge in [-0.3, -0.25) is 14.4 Å². The van der Waals surface area contributed by atoms with Crippen LogP contribution in [0.1, 0.15) is 19.3 Å². The van der Waals surface area contributed by atoms with Crippen molar-refractivity contribution in [3.63, 3.8) is 0 Å². The molecule has 0 saturated carbocycles. The number of carbonyl (C=O) groups excluding carboxylic acids is 3. The predicted octanol–water partition coefficient (Wildman–Crippen LogP) is 4.12. The van der Waals surface area contributed by atoms with Crippen molar-refractivity contribution < 1.29 is 14.4 Å². The van der Waals surface area contributed by atoms with Gasteiger partial charge >= 0.3 is 0 Å². The first-order valence-corrected chi connectivity index (χ1v) is 10.3. The average Bonchev–Trinajstić information content (AvgIpc) is 2.75. The minimum absolute atomic E-state index is 0.0402. The Balaban J connectivity index is 1.90. The molecule has 0 atom stereocenters. The second-order valence-electron chi connectivity index (χ2n) is 6.68. The predicted molar refractivity (Wildman–Crippen MR) is 121 cm³/mol. The molecular weight excluding hydrogens is 439 g/mol. The van der Waals surface area contributed by atoms with Crippen LogP contribution in [-0.4, -0.2) is 42.8 Å². The van der Waals surface area contributed by atoms with Gasteiger partial charge in [-0.1, -0.05) is 47.5 Å². The van der Waals surface area contributed by atoms with Crippen molar-refractivity contribution in [3.8, 4) is 6.07 Å². The number of nitrogens with one attached hydrogen (secondary N) is 1. The average molecular weight is 461 g/mol. The van der Waals surface area contributed by atoms with Gasteiger partial charge in [0.1, 0.15) is 0 Å². The Morgan fingerprint density at radius 3 is 2.19 bits per heavy atom. The summed E-state index contributed by atoms with van der Waals surface area (Å²) in [6.45, 7) is 0.0236. The maximum atomic E-state index is 12.7. The van der Waals surface area contributed by atoms with E-state index in [1.165, 1.54) is 16.8 Å². The van der Waals surface area contributed by atoms with Gasteiger partial charge in [-0.2, -0.15) is 5.26 Å². The Labute approximate surface area is 191 Å². The molecule has 2 aromatic rings. The molecule has 0 fully saturated rings. The Morgan fingerprint density at radius 2 is 1.58 bits per heavy atom. The van der Waals surface area contributed by atoms with E-state index in [2.05, 4.69) is 5.32 Å². The molecule has 0 aliphatic carbocycles. The third kappa shape index (κ3) is 7.28. The summed E-state index contributed by atoms with van der Waals surface area (Å²) in [4.78, 5) is 40.0. The van der Waals surface area contributed by atoms with E-state index in [9.17, 15) is 14.4 Å². The Morgan fingerprint density at radius 1 is 0.968 bits per heavy atom. The summed E-state index contributed by atoms with van der Waals surface area (Å²) in [7, 11) is 1.48. The molecule has 0 spiro atoms. The van der Waals surface area contributed by atoms with E-state index >= 15 is 0 Å². The molecule has 0 heterocycles. The van der Waals surface area contributed by atoms with E-state index in [-0.39, 0.29) is 49.9 Å². The lowest BCUT2D eigenvalue weighted by Gasteiger charge is -2.22. The van der Waals surface area contributed by atoms with Gasteiger partial charge in [-0.05, 0) is 24.3 Å². The van der Waals surface area contributed by atoms with Crippen LogP contribution in [0.15, 0.2) is 48.5 Å². The summed E-state index contributed by atoms with van der Waals surface area (Å²) in [5.41, 5.74) is 0.947. The molecule has 162 valence electrons. The molecule has 1 N–H and O–H groups in total. The second-order valence-corrected chi connectivity index (χ2v) is 7.50. The highest BCUT2D eigenvalue weighted by Crippen LogP contribution is 2.29. The van der Waals surface area contributed by atoms with E-state index < -0.39 is 5.91 Å². The van der Waals surface area contributed by atoms with Crippen molar-refractivity contribution in [1.82, 2.24) is 4.90 Å². The van der Waals surface area contributed by atoms with Gasteiger partial charge in [-0.15, -0.1) is 0 Å². The summed E-state index contributed by atoms with van der Waals surface area (Å²) in [5.74, 6) is -1.09. The fraction of sp³-hybridized carbons (Fsp3) is 0.273. The summed E-state index contributed by atoms with van der Waals surface area (Å²) < 4.78 is 0. The van der Waals surface area contributed by atoms with Gasteiger partial charge in [0.25, 0.3) is 0 Å². The molecule has 0 radical (unpaired) electrons. The van der Waals surface area contributed by atoms with Crippen LogP contribution in [0.2, 0.25) is 10.0 Å². The van der Waals surface area contributed by atoms with Crippen LogP contribution in [-0.2, 0) is 14.4 Å². The number of rotatable bonds is 9. The van der Waals surface area contributed by atoms with E-state index in [1.807, 2.05) is 12.1 Å². The lowest BCUT2D eigenvalue weighted by molar-refractivity contribution is -0.134. The van der Waals surface area contributed by atoms with Crippen LogP contribution in [0.3, 0.4) is 0 Å². The molecular formula is C22H22Cl2N4O3. The zero-order valence-corrected chi connectivity index (χ0v) is 18.5. The molecule has 31 heavy (non-hydrogen) atoms. The van der Waals surface area contributed by atoms with E-state index in [4.69, 9.17) is 28.5 Å². The topological polar surface area (TPSA) is 93.5 Å². The SMILES string of the molecule is CN(CC(=O)Nc1c(Cl)cccc1Cl)C(=O)CCC(=O)N(CCC#N)c1ccccc1. The highest BCUT2D eigenvalue weighted by molar-refractivity contribution is 6.39. The first-order valence-electron chi connectivity index (χ1n) is 9.53. The smallest absolute Gasteiger partial charge is 0.244 e. The monoisotopic (exact) mass is 460 g/mol. The van der Waals surface area contributed by atoms with Gasteiger partial charge < -0.3 is 15.1 Å². The summed E-state index contributed by atoms with van der Waals surface area (Å²) >= 11 is 12.1. The number of para-hydroxylation sites is 2. The third-order valence-corrected chi connectivity index (χ3v) is 5.03. The highest BCUT2D eigenvalue weighted by Gasteiger charge is 2.19. The van der Waals surface area contributed by atoms with Crippen molar-refractivity contribution in [2.75, 3.05) is 30.4 Å². The maximum absolute atomic E-state index is 12.7. The molecule has 0 saturated heterocycles. The largest absolute Gasteiger partial charge is 0.336 e. The summed E-state index contributed by atoms with van der Waals surface area (Å²) in [6, 6.07) is 15.8. The van der Waals surface area contributed by atoms with Crippen molar-refractivity contribution >= 4 is 52.3 Å². The quantitative estimate of drug-likeness (QED) is 0.608. The molecule has 2 rings (SSSR count). The molecule has 2 aromatic carbocycles. The fourth-order valence-corrected chi connectivity index (χ4v) is 3.30. The summed E-state index contributed by atoms with van der Waals surface area (Å²) in [6.07, 6.45) is 0.0755. The number of likely N-dealkylation sites (N-methyl/N-ethyl adjacent to an activating group) is 1. The van der Waals surface area contributed by atoms with Crippen LogP contribution in [0.4, 0.5) is 11.4 Å². The number of nitriles is 1. The zero-order valence-electron chi connectivity index (χ0n) is 17.0. The van der Waals surface area contributed by atoms with E-state index in [1.54, 1.807) is 42.5 Å². The summed E-state index contributed by atoms with van der Waals surface area (Å²) in [5, 5.41) is 12.0. The first kappa shape index (κ1) is 24.2.